The van der Waals surface area contributed by atoms with Crippen LogP contribution in [-0.4, -0.2) is 12.1 Å². The van der Waals surface area contributed by atoms with Gasteiger partial charge in [-0.1, -0.05) is 18.2 Å². The van der Waals surface area contributed by atoms with Gasteiger partial charge in [0.1, 0.15) is 30.5 Å². The molecule has 0 spiro atoms. The van der Waals surface area contributed by atoms with Crippen molar-refractivity contribution in [2.45, 2.75) is 11.6 Å². The van der Waals surface area contributed by atoms with Crippen molar-refractivity contribution < 1.29 is 22.1 Å². The molecular formula is C9H7F3O2S. The Balaban J connectivity index is 2.02. The van der Waals surface area contributed by atoms with Crippen molar-refractivity contribution in [1.29, 1.82) is 0 Å². The molecule has 1 aliphatic rings. The van der Waals surface area contributed by atoms with Crippen molar-refractivity contribution in [1.82, 2.24) is 0 Å². The third-order valence-corrected chi connectivity index (χ3v) is 2.43. The second-order valence-corrected chi connectivity index (χ2v) is 3.78. The van der Waals surface area contributed by atoms with E-state index in [-0.39, 0.29) is 6.61 Å². The van der Waals surface area contributed by atoms with Crippen LogP contribution in [0, 0.1) is 0 Å². The number of rotatable bonds is 2. The van der Waals surface area contributed by atoms with Gasteiger partial charge in [-0.2, -0.15) is 13.2 Å². The zero-order valence-electron chi connectivity index (χ0n) is 7.45. The number of alkyl halides is 3. The number of hydrogen-bond donors (Lipinski definition) is 0. The molecule has 1 aromatic rings. The van der Waals surface area contributed by atoms with E-state index in [4.69, 9.17) is 4.74 Å². The quantitative estimate of drug-likeness (QED) is 0.734. The SMILES string of the molecule is FC(F)(F)SOC1COc2ccccc21. The predicted molar refractivity (Wildman–Crippen MR) is 49.4 cm³/mol. The zero-order chi connectivity index (χ0) is 10.9. The molecule has 0 saturated carbocycles. The summed E-state index contributed by atoms with van der Waals surface area (Å²) in [6.07, 6.45) is -0.646. The maximum absolute atomic E-state index is 11.9. The Kier molecular flexibility index (Phi) is 2.79. The zero-order valence-corrected chi connectivity index (χ0v) is 8.27. The van der Waals surface area contributed by atoms with Gasteiger partial charge in [-0.25, -0.2) is 0 Å². The molecule has 2 nitrogen and oxygen atoms in total. The Hall–Kier alpha value is -0.880. The predicted octanol–water partition coefficient (Wildman–Crippen LogP) is 3.30. The first kappa shape index (κ1) is 10.6. The Labute approximate surface area is 88.6 Å². The van der Waals surface area contributed by atoms with E-state index < -0.39 is 23.7 Å². The summed E-state index contributed by atoms with van der Waals surface area (Å²) in [5.74, 6) is 0.588. The summed E-state index contributed by atoms with van der Waals surface area (Å²) in [6, 6.07) is 6.90. The van der Waals surface area contributed by atoms with E-state index in [1.807, 2.05) is 0 Å². The Morgan fingerprint density at radius 2 is 2.07 bits per heavy atom. The van der Waals surface area contributed by atoms with E-state index in [1.165, 1.54) is 0 Å². The van der Waals surface area contributed by atoms with Crippen LogP contribution >= 0.6 is 12.0 Å². The molecule has 82 valence electrons. The first-order valence-electron chi connectivity index (χ1n) is 4.19. The van der Waals surface area contributed by atoms with E-state index in [1.54, 1.807) is 24.3 Å². The summed E-state index contributed by atoms with van der Waals surface area (Å²) in [7, 11) is 0. The van der Waals surface area contributed by atoms with Gasteiger partial charge in [-0.3, -0.25) is 4.18 Å². The lowest BCUT2D eigenvalue weighted by Gasteiger charge is -2.10. The highest BCUT2D eigenvalue weighted by molar-refractivity contribution is 7.95. The lowest BCUT2D eigenvalue weighted by molar-refractivity contribution is -0.0422. The van der Waals surface area contributed by atoms with Gasteiger partial charge in [0.2, 0.25) is 0 Å². The van der Waals surface area contributed by atoms with Crippen LogP contribution in [0.1, 0.15) is 11.7 Å². The largest absolute Gasteiger partial charge is 0.490 e. The molecular weight excluding hydrogens is 229 g/mol. The molecule has 0 aliphatic carbocycles. The molecule has 1 aliphatic heterocycles. The average Bonchev–Trinajstić information content (AvgIpc) is 2.57. The van der Waals surface area contributed by atoms with E-state index in [0.29, 0.717) is 11.3 Å². The van der Waals surface area contributed by atoms with E-state index in [9.17, 15) is 13.2 Å². The minimum atomic E-state index is -4.38. The van der Waals surface area contributed by atoms with Crippen molar-refractivity contribution in [3.8, 4) is 5.75 Å². The highest BCUT2D eigenvalue weighted by Gasteiger charge is 2.34. The minimum absolute atomic E-state index is 0.127. The van der Waals surface area contributed by atoms with Crippen LogP contribution < -0.4 is 4.74 Å². The van der Waals surface area contributed by atoms with Gasteiger partial charge in [0.15, 0.2) is 0 Å². The summed E-state index contributed by atoms with van der Waals surface area (Å²) >= 11 is -0.486. The minimum Gasteiger partial charge on any atom is -0.490 e. The molecule has 15 heavy (non-hydrogen) atoms. The van der Waals surface area contributed by atoms with Crippen molar-refractivity contribution in [3.63, 3.8) is 0 Å². The van der Waals surface area contributed by atoms with Crippen LogP contribution in [-0.2, 0) is 4.18 Å². The fraction of sp³-hybridized carbons (Fsp3) is 0.333. The van der Waals surface area contributed by atoms with Crippen LogP contribution in [0.3, 0.4) is 0 Å². The van der Waals surface area contributed by atoms with Gasteiger partial charge in [0.05, 0.1) is 0 Å². The molecule has 0 bridgehead atoms. The van der Waals surface area contributed by atoms with E-state index in [2.05, 4.69) is 4.18 Å². The van der Waals surface area contributed by atoms with Crippen LogP contribution in [0.5, 0.6) is 5.75 Å². The Morgan fingerprint density at radius 3 is 2.80 bits per heavy atom. The number of halogens is 3. The number of hydrogen-bond acceptors (Lipinski definition) is 3. The number of ether oxygens (including phenoxy) is 1. The highest BCUT2D eigenvalue weighted by atomic mass is 32.2. The van der Waals surface area contributed by atoms with Crippen LogP contribution in [0.4, 0.5) is 13.2 Å². The molecule has 0 N–H and O–H groups in total. The summed E-state index contributed by atoms with van der Waals surface area (Å²) in [5, 5.41) is 0. The topological polar surface area (TPSA) is 18.5 Å². The Morgan fingerprint density at radius 1 is 1.33 bits per heavy atom. The first-order valence-corrected chi connectivity index (χ1v) is 4.93. The monoisotopic (exact) mass is 236 g/mol. The molecule has 1 aromatic carbocycles. The lowest BCUT2D eigenvalue weighted by atomic mass is 10.1. The molecule has 0 aromatic heterocycles. The van der Waals surface area contributed by atoms with Gasteiger partial charge in [0, 0.05) is 5.56 Å². The molecule has 1 unspecified atom stereocenters. The van der Waals surface area contributed by atoms with E-state index >= 15 is 0 Å². The summed E-state index contributed by atoms with van der Waals surface area (Å²) in [5.41, 5.74) is -3.72. The second kappa shape index (κ2) is 3.94. The fourth-order valence-electron chi connectivity index (χ4n) is 1.33. The molecule has 6 heteroatoms. The summed E-state index contributed by atoms with van der Waals surface area (Å²) in [6.45, 7) is 0.127. The van der Waals surface area contributed by atoms with Crippen LogP contribution in [0.15, 0.2) is 24.3 Å². The molecule has 0 fully saturated rings. The normalized spacial score (nSPS) is 19.8. The number of benzene rings is 1. The highest BCUT2D eigenvalue weighted by Crippen LogP contribution is 2.40. The van der Waals surface area contributed by atoms with Crippen molar-refractivity contribution in [2.24, 2.45) is 0 Å². The lowest BCUT2D eigenvalue weighted by Crippen LogP contribution is -2.07. The smallest absolute Gasteiger partial charge is 0.468 e. The molecule has 0 amide bonds. The van der Waals surface area contributed by atoms with Gasteiger partial charge in [0.25, 0.3) is 0 Å². The molecule has 0 saturated heterocycles. The molecule has 1 atom stereocenters. The van der Waals surface area contributed by atoms with Gasteiger partial charge in [-0.05, 0) is 6.07 Å². The average molecular weight is 236 g/mol. The van der Waals surface area contributed by atoms with Gasteiger partial charge >= 0.3 is 5.51 Å². The fourth-order valence-corrected chi connectivity index (χ4v) is 1.71. The maximum atomic E-state index is 11.9. The van der Waals surface area contributed by atoms with Crippen molar-refractivity contribution in [2.75, 3.05) is 6.61 Å². The number of para-hydroxylation sites is 1. The molecule has 2 rings (SSSR count). The Bertz CT molecular complexity index is 353. The first-order chi connectivity index (χ1) is 7.06. The third-order valence-electron chi connectivity index (χ3n) is 1.91. The van der Waals surface area contributed by atoms with Gasteiger partial charge < -0.3 is 4.74 Å². The van der Waals surface area contributed by atoms with Crippen LogP contribution in [0.25, 0.3) is 0 Å². The maximum Gasteiger partial charge on any atom is 0.468 e. The molecule has 1 heterocycles. The standard InChI is InChI=1S/C9H7F3O2S/c10-9(11,12)15-14-8-5-13-7-4-2-1-3-6(7)8/h1-4,8H,5H2. The summed E-state index contributed by atoms with van der Waals surface area (Å²) in [4.78, 5) is 0. The van der Waals surface area contributed by atoms with E-state index in [0.717, 1.165) is 0 Å². The summed E-state index contributed by atoms with van der Waals surface area (Å²) < 4.78 is 45.5. The number of fused-ring (bicyclic) bond motifs is 1. The van der Waals surface area contributed by atoms with Gasteiger partial charge in [-0.15, -0.1) is 0 Å². The van der Waals surface area contributed by atoms with Crippen LogP contribution in [0.2, 0.25) is 0 Å². The third kappa shape index (κ3) is 2.57. The molecule has 0 radical (unpaired) electrons. The van der Waals surface area contributed by atoms with Crippen molar-refractivity contribution in [3.05, 3.63) is 29.8 Å². The van der Waals surface area contributed by atoms with Crippen molar-refractivity contribution >= 4 is 12.0 Å². The second-order valence-electron chi connectivity index (χ2n) is 2.96.